The summed E-state index contributed by atoms with van der Waals surface area (Å²) >= 11 is 0. The normalized spacial score (nSPS) is 13.8. The summed E-state index contributed by atoms with van der Waals surface area (Å²) in [7, 11) is 0. The van der Waals surface area contributed by atoms with Crippen LogP contribution in [0.1, 0.15) is 41.4 Å². The van der Waals surface area contributed by atoms with E-state index in [1.807, 2.05) is 30.3 Å². The van der Waals surface area contributed by atoms with E-state index in [9.17, 15) is 14.4 Å². The van der Waals surface area contributed by atoms with E-state index in [1.165, 1.54) is 4.57 Å². The molecule has 4 rings (SSSR count). The van der Waals surface area contributed by atoms with Crippen LogP contribution in [0.15, 0.2) is 52.1 Å². The van der Waals surface area contributed by atoms with Gasteiger partial charge in [0.25, 0.3) is 5.56 Å². The second-order valence-corrected chi connectivity index (χ2v) is 7.17. The van der Waals surface area contributed by atoms with Crippen LogP contribution in [0.3, 0.4) is 0 Å². The molecule has 0 unspecified atom stereocenters. The third-order valence-electron chi connectivity index (χ3n) is 5.17. The van der Waals surface area contributed by atoms with Gasteiger partial charge in [-0.25, -0.2) is 4.79 Å². The molecule has 1 heterocycles. The number of aromatic nitrogens is 2. The smallest absolute Gasteiger partial charge is 0.330 e. The SMILES string of the molecule is CCc1c(C(=O)c2cccc3ccccc23)n(COCC2CC2)c(=O)[nH]c1=O. The Morgan fingerprint density at radius 2 is 1.89 bits per heavy atom. The van der Waals surface area contributed by atoms with Gasteiger partial charge in [0.15, 0.2) is 0 Å². The fourth-order valence-electron chi connectivity index (χ4n) is 3.47. The lowest BCUT2D eigenvalue weighted by molar-refractivity contribution is 0.0625. The van der Waals surface area contributed by atoms with Gasteiger partial charge in [0.05, 0.1) is 6.61 Å². The maximum Gasteiger partial charge on any atom is 0.330 e. The van der Waals surface area contributed by atoms with Crippen LogP contribution in [0.25, 0.3) is 10.8 Å². The quantitative estimate of drug-likeness (QED) is 0.641. The number of hydrogen-bond donors (Lipinski definition) is 1. The number of nitrogens with one attached hydrogen (secondary N) is 1. The van der Waals surface area contributed by atoms with Gasteiger partial charge < -0.3 is 4.74 Å². The first-order valence-corrected chi connectivity index (χ1v) is 9.56. The summed E-state index contributed by atoms with van der Waals surface area (Å²) in [6.45, 7) is 2.30. The van der Waals surface area contributed by atoms with Crippen LogP contribution < -0.4 is 11.2 Å². The van der Waals surface area contributed by atoms with E-state index in [2.05, 4.69) is 4.98 Å². The molecule has 0 amide bonds. The molecule has 144 valence electrons. The topological polar surface area (TPSA) is 81.2 Å². The monoisotopic (exact) mass is 378 g/mol. The van der Waals surface area contributed by atoms with Crippen LogP contribution in [0.2, 0.25) is 0 Å². The maximum absolute atomic E-state index is 13.5. The van der Waals surface area contributed by atoms with Gasteiger partial charge in [-0.15, -0.1) is 0 Å². The average Bonchev–Trinajstić information content (AvgIpc) is 3.52. The number of rotatable bonds is 7. The Morgan fingerprint density at radius 1 is 1.14 bits per heavy atom. The predicted octanol–water partition coefficient (Wildman–Crippen LogP) is 2.87. The van der Waals surface area contributed by atoms with E-state index in [0.717, 1.165) is 23.6 Å². The third kappa shape index (κ3) is 3.43. The summed E-state index contributed by atoms with van der Waals surface area (Å²) < 4.78 is 6.92. The molecule has 0 saturated heterocycles. The molecule has 28 heavy (non-hydrogen) atoms. The predicted molar refractivity (Wildman–Crippen MR) is 107 cm³/mol. The van der Waals surface area contributed by atoms with Crippen molar-refractivity contribution in [2.75, 3.05) is 6.61 Å². The number of benzene rings is 2. The number of hydrogen-bond acceptors (Lipinski definition) is 4. The highest BCUT2D eigenvalue weighted by molar-refractivity contribution is 6.16. The molecule has 1 saturated carbocycles. The lowest BCUT2D eigenvalue weighted by Gasteiger charge is -2.16. The van der Waals surface area contributed by atoms with Gasteiger partial charge in [0, 0.05) is 11.1 Å². The van der Waals surface area contributed by atoms with E-state index in [4.69, 9.17) is 4.74 Å². The summed E-state index contributed by atoms with van der Waals surface area (Å²) in [6, 6.07) is 13.0. The third-order valence-corrected chi connectivity index (χ3v) is 5.17. The minimum atomic E-state index is -0.624. The molecule has 1 aliphatic carbocycles. The maximum atomic E-state index is 13.5. The van der Waals surface area contributed by atoms with Crippen LogP contribution in [0.4, 0.5) is 0 Å². The molecule has 0 radical (unpaired) electrons. The van der Waals surface area contributed by atoms with Crippen LogP contribution >= 0.6 is 0 Å². The minimum absolute atomic E-state index is 0.0506. The van der Waals surface area contributed by atoms with Crippen LogP contribution in [0.5, 0.6) is 0 Å². The zero-order valence-corrected chi connectivity index (χ0v) is 15.7. The van der Waals surface area contributed by atoms with Crippen molar-refractivity contribution in [3.8, 4) is 0 Å². The molecule has 2 aromatic carbocycles. The van der Waals surface area contributed by atoms with Crippen LogP contribution in [0, 0.1) is 5.92 Å². The highest BCUT2D eigenvalue weighted by atomic mass is 16.5. The summed E-state index contributed by atoms with van der Waals surface area (Å²) in [5, 5.41) is 1.71. The van der Waals surface area contributed by atoms with Gasteiger partial charge in [0.2, 0.25) is 5.78 Å². The molecule has 6 nitrogen and oxygen atoms in total. The van der Waals surface area contributed by atoms with E-state index in [-0.39, 0.29) is 18.2 Å². The van der Waals surface area contributed by atoms with Gasteiger partial charge in [0.1, 0.15) is 12.4 Å². The molecule has 0 aliphatic heterocycles. The summed E-state index contributed by atoms with van der Waals surface area (Å²) in [5.74, 6) is 0.188. The molecule has 1 aromatic heterocycles. The van der Waals surface area contributed by atoms with Crippen LogP contribution in [-0.2, 0) is 17.9 Å². The molecule has 1 aliphatic rings. The number of carbonyl (C=O) groups excluding carboxylic acids is 1. The van der Waals surface area contributed by atoms with Crippen molar-refractivity contribution >= 4 is 16.6 Å². The summed E-state index contributed by atoms with van der Waals surface area (Å²) in [5.41, 5.74) is -0.263. The molecule has 6 heteroatoms. The molecule has 0 atom stereocenters. The standard InChI is InChI=1S/C22H22N2O4/c1-2-16-19(20(25)18-9-5-7-15-6-3-4-8-17(15)18)24(22(27)23-21(16)26)13-28-12-14-10-11-14/h3-9,14H,2,10-13H2,1H3,(H,23,26,27). The minimum Gasteiger partial charge on any atom is -0.360 e. The Hall–Kier alpha value is -2.99. The number of carbonyl (C=O) groups is 1. The number of H-pyrrole nitrogens is 1. The molecule has 1 fully saturated rings. The first-order chi connectivity index (χ1) is 13.6. The summed E-state index contributed by atoms with van der Waals surface area (Å²) in [4.78, 5) is 40.7. The Kier molecular flexibility index (Phi) is 4.96. The first-order valence-electron chi connectivity index (χ1n) is 9.56. The van der Waals surface area contributed by atoms with Crippen molar-refractivity contribution in [1.82, 2.24) is 9.55 Å². The fourth-order valence-corrected chi connectivity index (χ4v) is 3.47. The van der Waals surface area contributed by atoms with Crippen molar-refractivity contribution in [3.05, 3.63) is 80.1 Å². The highest BCUT2D eigenvalue weighted by Gasteiger charge is 2.25. The molecular weight excluding hydrogens is 356 g/mol. The van der Waals surface area contributed by atoms with Crippen molar-refractivity contribution in [1.29, 1.82) is 0 Å². The number of fused-ring (bicyclic) bond motifs is 1. The number of nitrogens with zero attached hydrogens (tertiary/aromatic N) is 1. The van der Waals surface area contributed by atoms with Gasteiger partial charge in [-0.2, -0.15) is 0 Å². The van der Waals surface area contributed by atoms with E-state index in [1.54, 1.807) is 19.1 Å². The van der Waals surface area contributed by atoms with Crippen molar-refractivity contribution in [2.24, 2.45) is 5.92 Å². The molecule has 1 N–H and O–H groups in total. The largest absolute Gasteiger partial charge is 0.360 e. The van der Waals surface area contributed by atoms with E-state index >= 15 is 0 Å². The van der Waals surface area contributed by atoms with Gasteiger partial charge in [-0.3, -0.25) is 19.1 Å². The first kappa shape index (κ1) is 18.4. The Bertz CT molecular complexity index is 1150. The second-order valence-electron chi connectivity index (χ2n) is 7.17. The van der Waals surface area contributed by atoms with Gasteiger partial charge in [-0.1, -0.05) is 49.4 Å². The molecular formula is C22H22N2O4. The lowest BCUT2D eigenvalue weighted by atomic mass is 9.97. The van der Waals surface area contributed by atoms with Crippen molar-refractivity contribution in [2.45, 2.75) is 32.9 Å². The van der Waals surface area contributed by atoms with Crippen molar-refractivity contribution < 1.29 is 9.53 Å². The molecule has 3 aromatic rings. The van der Waals surface area contributed by atoms with Gasteiger partial charge >= 0.3 is 5.69 Å². The van der Waals surface area contributed by atoms with E-state index < -0.39 is 11.2 Å². The number of aromatic amines is 1. The fraction of sp³-hybridized carbons (Fsp3) is 0.318. The van der Waals surface area contributed by atoms with E-state index in [0.29, 0.717) is 30.1 Å². The Labute approximate surface area is 161 Å². The zero-order valence-electron chi connectivity index (χ0n) is 15.7. The molecule has 0 bridgehead atoms. The average molecular weight is 378 g/mol. The summed E-state index contributed by atoms with van der Waals surface area (Å²) in [6.07, 6.45) is 2.59. The lowest BCUT2D eigenvalue weighted by Crippen LogP contribution is -2.38. The van der Waals surface area contributed by atoms with Gasteiger partial charge in [-0.05, 0) is 36.0 Å². The second kappa shape index (κ2) is 7.56. The number of ketones is 1. The highest BCUT2D eigenvalue weighted by Crippen LogP contribution is 2.29. The zero-order chi connectivity index (χ0) is 19.7. The number of ether oxygens (including phenoxy) is 1. The molecule has 0 spiro atoms. The Balaban J connectivity index is 1.85. The van der Waals surface area contributed by atoms with Crippen LogP contribution in [-0.4, -0.2) is 21.9 Å². The Morgan fingerprint density at radius 3 is 2.64 bits per heavy atom. The van der Waals surface area contributed by atoms with Crippen molar-refractivity contribution in [3.63, 3.8) is 0 Å².